The SMILES string of the molecule is COc1ccc2[nH]cc([C@@H](C3CCCC3)N3CCNCC3)c2c1.Cl.Cl. The van der Waals surface area contributed by atoms with E-state index >= 15 is 0 Å². The summed E-state index contributed by atoms with van der Waals surface area (Å²) >= 11 is 0. The normalized spacial score (nSPS) is 20.0. The van der Waals surface area contributed by atoms with E-state index < -0.39 is 0 Å². The Morgan fingerprint density at radius 3 is 2.52 bits per heavy atom. The van der Waals surface area contributed by atoms with Gasteiger partial charge in [-0.3, -0.25) is 4.90 Å². The van der Waals surface area contributed by atoms with Crippen LogP contribution in [0.2, 0.25) is 0 Å². The lowest BCUT2D eigenvalue weighted by atomic mass is 9.89. The lowest BCUT2D eigenvalue weighted by Gasteiger charge is -2.38. The third kappa shape index (κ3) is 4.08. The maximum absolute atomic E-state index is 5.46. The van der Waals surface area contributed by atoms with Gasteiger partial charge >= 0.3 is 0 Å². The topological polar surface area (TPSA) is 40.3 Å². The van der Waals surface area contributed by atoms with Gasteiger partial charge in [0.2, 0.25) is 0 Å². The Bertz CT molecular complexity index is 664. The second-order valence-corrected chi connectivity index (χ2v) is 6.93. The molecule has 2 N–H and O–H groups in total. The van der Waals surface area contributed by atoms with Gasteiger partial charge in [-0.05, 0) is 42.5 Å². The molecule has 0 amide bonds. The molecule has 2 aliphatic rings. The number of fused-ring (bicyclic) bond motifs is 1. The number of piperazine rings is 1. The van der Waals surface area contributed by atoms with Gasteiger partial charge in [0, 0.05) is 49.3 Å². The first-order chi connectivity index (χ1) is 11.4. The standard InChI is InChI=1S/C19H27N3O.2ClH/c1-23-15-6-7-18-16(12-15)17(13-21-18)19(14-4-2-3-5-14)22-10-8-20-9-11-22;;/h6-7,12-14,19-21H,2-5,8-11H2,1H3;2*1H/t19-;;/m1../s1. The zero-order chi connectivity index (χ0) is 15.6. The van der Waals surface area contributed by atoms with Gasteiger partial charge in [0.1, 0.15) is 5.75 Å². The Kier molecular flexibility index (Phi) is 7.44. The lowest BCUT2D eigenvalue weighted by molar-refractivity contribution is 0.126. The number of halogens is 2. The number of benzene rings is 1. The highest BCUT2D eigenvalue weighted by Gasteiger charge is 2.33. The monoisotopic (exact) mass is 385 g/mol. The number of aromatic nitrogens is 1. The number of methoxy groups -OCH3 is 1. The van der Waals surface area contributed by atoms with Crippen LogP contribution in [0.1, 0.15) is 37.3 Å². The van der Waals surface area contributed by atoms with E-state index in [1.165, 1.54) is 42.1 Å². The highest BCUT2D eigenvalue weighted by Crippen LogP contribution is 2.42. The molecule has 0 radical (unpaired) electrons. The van der Waals surface area contributed by atoms with E-state index in [-0.39, 0.29) is 24.8 Å². The van der Waals surface area contributed by atoms with E-state index in [2.05, 4.69) is 33.5 Å². The molecule has 0 unspecified atom stereocenters. The maximum Gasteiger partial charge on any atom is 0.119 e. The van der Waals surface area contributed by atoms with Gasteiger partial charge in [-0.1, -0.05) is 12.8 Å². The number of hydrogen-bond acceptors (Lipinski definition) is 3. The van der Waals surface area contributed by atoms with Crippen LogP contribution in [0, 0.1) is 5.92 Å². The highest BCUT2D eigenvalue weighted by molar-refractivity contribution is 5.86. The summed E-state index contributed by atoms with van der Waals surface area (Å²) in [7, 11) is 1.75. The molecule has 1 aliphatic carbocycles. The first-order valence-corrected chi connectivity index (χ1v) is 8.96. The van der Waals surface area contributed by atoms with E-state index in [4.69, 9.17) is 4.74 Å². The summed E-state index contributed by atoms with van der Waals surface area (Å²) in [6, 6.07) is 6.92. The molecule has 1 saturated heterocycles. The van der Waals surface area contributed by atoms with Crippen molar-refractivity contribution in [3.8, 4) is 5.75 Å². The molecule has 0 bridgehead atoms. The zero-order valence-corrected chi connectivity index (χ0v) is 16.4. The Labute approximate surface area is 162 Å². The number of aromatic amines is 1. The third-order valence-corrected chi connectivity index (χ3v) is 5.63. The van der Waals surface area contributed by atoms with Gasteiger partial charge in [-0.2, -0.15) is 0 Å². The average Bonchev–Trinajstić information content (AvgIpc) is 3.26. The van der Waals surface area contributed by atoms with Gasteiger partial charge in [0.05, 0.1) is 7.11 Å². The molecule has 6 heteroatoms. The Balaban J connectivity index is 0.00000113. The summed E-state index contributed by atoms with van der Waals surface area (Å²) in [6.07, 6.45) is 7.75. The minimum absolute atomic E-state index is 0. The summed E-state index contributed by atoms with van der Waals surface area (Å²) in [5.41, 5.74) is 2.69. The van der Waals surface area contributed by atoms with Crippen molar-refractivity contribution in [3.63, 3.8) is 0 Å². The number of nitrogens with one attached hydrogen (secondary N) is 2. The average molecular weight is 386 g/mol. The molecule has 4 rings (SSSR count). The van der Waals surface area contributed by atoms with Crippen molar-refractivity contribution in [1.82, 2.24) is 15.2 Å². The lowest BCUT2D eigenvalue weighted by Crippen LogP contribution is -2.46. The molecular weight excluding hydrogens is 357 g/mol. The largest absolute Gasteiger partial charge is 0.497 e. The fourth-order valence-corrected chi connectivity index (χ4v) is 4.48. The molecule has 2 fully saturated rings. The van der Waals surface area contributed by atoms with E-state index in [9.17, 15) is 0 Å². The minimum atomic E-state index is 0. The first-order valence-electron chi connectivity index (χ1n) is 8.96. The molecule has 2 heterocycles. The molecule has 2 aromatic rings. The summed E-state index contributed by atoms with van der Waals surface area (Å²) in [6.45, 7) is 4.51. The number of ether oxygens (including phenoxy) is 1. The Morgan fingerprint density at radius 1 is 1.12 bits per heavy atom. The molecule has 0 spiro atoms. The summed E-state index contributed by atoms with van der Waals surface area (Å²) in [4.78, 5) is 6.19. The molecule has 1 saturated carbocycles. The maximum atomic E-state index is 5.46. The highest BCUT2D eigenvalue weighted by atomic mass is 35.5. The predicted molar refractivity (Wildman–Crippen MR) is 108 cm³/mol. The summed E-state index contributed by atoms with van der Waals surface area (Å²) < 4.78 is 5.46. The van der Waals surface area contributed by atoms with Gasteiger partial charge < -0.3 is 15.0 Å². The van der Waals surface area contributed by atoms with Gasteiger partial charge in [-0.25, -0.2) is 0 Å². The van der Waals surface area contributed by atoms with Crippen molar-refractivity contribution in [2.24, 2.45) is 5.92 Å². The van der Waals surface area contributed by atoms with Crippen LogP contribution in [0.25, 0.3) is 10.9 Å². The van der Waals surface area contributed by atoms with E-state index in [1.807, 2.05) is 6.07 Å². The number of rotatable bonds is 4. The second kappa shape index (κ2) is 9.13. The van der Waals surface area contributed by atoms with E-state index in [0.717, 1.165) is 37.8 Å². The van der Waals surface area contributed by atoms with Crippen LogP contribution in [0.3, 0.4) is 0 Å². The van der Waals surface area contributed by atoms with Gasteiger partial charge in [-0.15, -0.1) is 24.8 Å². The first kappa shape index (κ1) is 20.4. The van der Waals surface area contributed by atoms with Crippen molar-refractivity contribution in [1.29, 1.82) is 0 Å². The van der Waals surface area contributed by atoms with Crippen LogP contribution >= 0.6 is 24.8 Å². The van der Waals surface area contributed by atoms with Crippen molar-refractivity contribution in [2.75, 3.05) is 33.3 Å². The van der Waals surface area contributed by atoms with Crippen molar-refractivity contribution in [3.05, 3.63) is 30.0 Å². The van der Waals surface area contributed by atoms with Crippen molar-refractivity contribution >= 4 is 35.7 Å². The van der Waals surface area contributed by atoms with Crippen LogP contribution in [-0.4, -0.2) is 43.2 Å². The van der Waals surface area contributed by atoms with Crippen LogP contribution in [0.15, 0.2) is 24.4 Å². The zero-order valence-electron chi connectivity index (χ0n) is 14.8. The molecule has 1 aromatic heterocycles. The molecule has 140 valence electrons. The summed E-state index contributed by atoms with van der Waals surface area (Å²) in [5, 5.41) is 4.82. The van der Waals surface area contributed by atoms with Crippen LogP contribution in [-0.2, 0) is 0 Å². The number of hydrogen-bond donors (Lipinski definition) is 2. The number of nitrogens with zero attached hydrogens (tertiary/aromatic N) is 1. The van der Waals surface area contributed by atoms with E-state index in [0.29, 0.717) is 6.04 Å². The quantitative estimate of drug-likeness (QED) is 0.829. The molecule has 4 nitrogen and oxygen atoms in total. The predicted octanol–water partition coefficient (Wildman–Crippen LogP) is 4.16. The Morgan fingerprint density at radius 2 is 1.84 bits per heavy atom. The fraction of sp³-hybridized carbons (Fsp3) is 0.579. The second-order valence-electron chi connectivity index (χ2n) is 6.93. The molecular formula is C19H29Cl2N3O. The minimum Gasteiger partial charge on any atom is -0.497 e. The van der Waals surface area contributed by atoms with Crippen LogP contribution in [0.5, 0.6) is 5.75 Å². The van der Waals surface area contributed by atoms with Crippen molar-refractivity contribution in [2.45, 2.75) is 31.7 Å². The van der Waals surface area contributed by atoms with Crippen molar-refractivity contribution < 1.29 is 4.74 Å². The molecule has 1 aliphatic heterocycles. The van der Waals surface area contributed by atoms with E-state index in [1.54, 1.807) is 7.11 Å². The van der Waals surface area contributed by atoms with Crippen LogP contribution in [0.4, 0.5) is 0 Å². The smallest absolute Gasteiger partial charge is 0.119 e. The molecule has 25 heavy (non-hydrogen) atoms. The fourth-order valence-electron chi connectivity index (χ4n) is 4.48. The van der Waals surface area contributed by atoms with Gasteiger partial charge in [0.25, 0.3) is 0 Å². The molecule has 1 aromatic carbocycles. The Hall–Kier alpha value is -0.940. The summed E-state index contributed by atoms with van der Waals surface area (Å²) in [5.74, 6) is 1.74. The van der Waals surface area contributed by atoms with Crippen LogP contribution < -0.4 is 10.1 Å². The molecule has 1 atom stereocenters. The number of H-pyrrole nitrogens is 1. The third-order valence-electron chi connectivity index (χ3n) is 5.63. The van der Waals surface area contributed by atoms with Gasteiger partial charge in [0.15, 0.2) is 0 Å².